The highest BCUT2D eigenvalue weighted by atomic mass is 16.5. The molecule has 0 radical (unpaired) electrons. The van der Waals surface area contributed by atoms with Gasteiger partial charge in [0.15, 0.2) is 0 Å². The Morgan fingerprint density at radius 3 is 2.71 bits per heavy atom. The third-order valence-corrected chi connectivity index (χ3v) is 3.19. The van der Waals surface area contributed by atoms with Crippen molar-refractivity contribution in [2.45, 2.75) is 58.0 Å². The van der Waals surface area contributed by atoms with Gasteiger partial charge in [-0.1, -0.05) is 26.2 Å². The first-order chi connectivity index (χ1) is 6.83. The second kappa shape index (κ2) is 7.24. The van der Waals surface area contributed by atoms with E-state index in [1.54, 1.807) is 0 Å². The summed E-state index contributed by atoms with van der Waals surface area (Å²) in [5.74, 6) is 0.955. The Hall–Kier alpha value is -0.0800. The third kappa shape index (κ3) is 4.97. The van der Waals surface area contributed by atoms with E-state index in [2.05, 4.69) is 0 Å². The van der Waals surface area contributed by atoms with Gasteiger partial charge in [-0.15, -0.1) is 0 Å². The molecule has 0 aliphatic heterocycles. The molecule has 1 rings (SSSR count). The average Bonchev–Trinajstić information content (AvgIpc) is 2.13. The summed E-state index contributed by atoms with van der Waals surface area (Å²) in [6, 6.07) is 0. The van der Waals surface area contributed by atoms with Crippen LogP contribution in [0.25, 0.3) is 0 Å². The van der Waals surface area contributed by atoms with E-state index in [1.807, 2.05) is 6.92 Å². The molecule has 0 aromatic rings. The van der Waals surface area contributed by atoms with E-state index in [0.717, 1.165) is 38.4 Å². The highest BCUT2D eigenvalue weighted by Crippen LogP contribution is 2.29. The summed E-state index contributed by atoms with van der Waals surface area (Å²) in [5.41, 5.74) is 0. The largest absolute Gasteiger partial charge is 0.393 e. The van der Waals surface area contributed by atoms with Crippen molar-refractivity contribution in [3.8, 4) is 0 Å². The van der Waals surface area contributed by atoms with Gasteiger partial charge in [0.25, 0.3) is 0 Å². The predicted molar refractivity (Wildman–Crippen MR) is 58.3 cm³/mol. The van der Waals surface area contributed by atoms with Gasteiger partial charge in [0.1, 0.15) is 0 Å². The first kappa shape index (κ1) is 12.0. The fourth-order valence-electron chi connectivity index (χ4n) is 1.76. The molecule has 14 heavy (non-hydrogen) atoms. The zero-order valence-corrected chi connectivity index (χ0v) is 9.37. The van der Waals surface area contributed by atoms with Gasteiger partial charge >= 0.3 is 0 Å². The summed E-state index contributed by atoms with van der Waals surface area (Å²) in [7, 11) is 0. The molecule has 1 saturated carbocycles. The monoisotopic (exact) mass is 200 g/mol. The van der Waals surface area contributed by atoms with Crippen molar-refractivity contribution < 1.29 is 9.84 Å². The lowest BCUT2D eigenvalue weighted by atomic mass is 9.83. The van der Waals surface area contributed by atoms with Gasteiger partial charge in [0.2, 0.25) is 0 Å². The molecule has 1 N–H and O–H groups in total. The Labute approximate surface area is 87.7 Å². The Bertz CT molecular complexity index is 124. The first-order valence-corrected chi connectivity index (χ1v) is 6.08. The van der Waals surface area contributed by atoms with Gasteiger partial charge in [-0.05, 0) is 31.6 Å². The number of hydrogen-bond donors (Lipinski definition) is 1. The smallest absolute Gasteiger partial charge is 0.0538 e. The summed E-state index contributed by atoms with van der Waals surface area (Å²) < 4.78 is 5.52. The topological polar surface area (TPSA) is 29.5 Å². The normalized spacial score (nSPS) is 19.3. The van der Waals surface area contributed by atoms with E-state index in [-0.39, 0.29) is 6.10 Å². The Morgan fingerprint density at radius 2 is 2.14 bits per heavy atom. The van der Waals surface area contributed by atoms with Crippen LogP contribution < -0.4 is 0 Å². The van der Waals surface area contributed by atoms with E-state index in [9.17, 15) is 5.11 Å². The molecule has 0 heterocycles. The molecule has 1 unspecified atom stereocenters. The van der Waals surface area contributed by atoms with Crippen LogP contribution in [0.2, 0.25) is 0 Å². The van der Waals surface area contributed by atoms with Crippen molar-refractivity contribution in [1.82, 2.24) is 0 Å². The molecular weight excluding hydrogens is 176 g/mol. The summed E-state index contributed by atoms with van der Waals surface area (Å²) in [5, 5.41) is 9.29. The maximum Gasteiger partial charge on any atom is 0.0538 e. The van der Waals surface area contributed by atoms with E-state index in [4.69, 9.17) is 4.74 Å². The molecule has 0 bridgehead atoms. The highest BCUT2D eigenvalue weighted by molar-refractivity contribution is 4.68. The highest BCUT2D eigenvalue weighted by Gasteiger charge is 2.16. The van der Waals surface area contributed by atoms with Gasteiger partial charge < -0.3 is 9.84 Å². The summed E-state index contributed by atoms with van der Waals surface area (Å²) in [6.45, 7) is 3.76. The lowest BCUT2D eigenvalue weighted by Gasteiger charge is -2.24. The van der Waals surface area contributed by atoms with Gasteiger partial charge in [-0.3, -0.25) is 0 Å². The van der Waals surface area contributed by atoms with Crippen LogP contribution in [0, 0.1) is 5.92 Å². The minimum atomic E-state index is -0.120. The minimum Gasteiger partial charge on any atom is -0.393 e. The van der Waals surface area contributed by atoms with E-state index < -0.39 is 0 Å². The van der Waals surface area contributed by atoms with Crippen LogP contribution in [0.4, 0.5) is 0 Å². The molecule has 2 nitrogen and oxygen atoms in total. The zero-order chi connectivity index (χ0) is 10.2. The van der Waals surface area contributed by atoms with Crippen LogP contribution >= 0.6 is 0 Å². The van der Waals surface area contributed by atoms with Gasteiger partial charge in [0.05, 0.1) is 6.10 Å². The first-order valence-electron chi connectivity index (χ1n) is 6.08. The molecule has 1 aliphatic carbocycles. The molecule has 0 spiro atoms. The molecule has 2 heteroatoms. The quantitative estimate of drug-likeness (QED) is 0.610. The molecule has 0 aromatic heterocycles. The lowest BCUT2D eigenvalue weighted by molar-refractivity contribution is 0.0885. The molecule has 84 valence electrons. The van der Waals surface area contributed by atoms with Crippen molar-refractivity contribution in [1.29, 1.82) is 0 Å². The Balaban J connectivity index is 1.75. The predicted octanol–water partition coefficient (Wildman–Crippen LogP) is 2.74. The molecule has 0 saturated heterocycles. The minimum absolute atomic E-state index is 0.120. The van der Waals surface area contributed by atoms with Crippen LogP contribution in [0.5, 0.6) is 0 Å². The zero-order valence-electron chi connectivity index (χ0n) is 9.37. The van der Waals surface area contributed by atoms with E-state index >= 15 is 0 Å². The number of ether oxygens (including phenoxy) is 1. The van der Waals surface area contributed by atoms with Crippen LogP contribution in [-0.2, 0) is 4.74 Å². The van der Waals surface area contributed by atoms with Crippen LogP contribution in [0.1, 0.15) is 51.9 Å². The third-order valence-electron chi connectivity index (χ3n) is 3.19. The average molecular weight is 200 g/mol. The van der Waals surface area contributed by atoms with E-state index in [0.29, 0.717) is 0 Å². The maximum absolute atomic E-state index is 9.29. The number of aliphatic hydroxyl groups is 1. The summed E-state index contributed by atoms with van der Waals surface area (Å²) in [4.78, 5) is 0. The number of aliphatic hydroxyl groups excluding tert-OH is 1. The van der Waals surface area contributed by atoms with Crippen LogP contribution in [0.3, 0.4) is 0 Å². The molecule has 0 amide bonds. The summed E-state index contributed by atoms with van der Waals surface area (Å²) in [6.07, 6.45) is 8.13. The van der Waals surface area contributed by atoms with Gasteiger partial charge in [-0.25, -0.2) is 0 Å². The molecule has 1 fully saturated rings. The fraction of sp³-hybridized carbons (Fsp3) is 1.00. The van der Waals surface area contributed by atoms with Crippen LogP contribution in [-0.4, -0.2) is 24.4 Å². The van der Waals surface area contributed by atoms with Gasteiger partial charge in [0, 0.05) is 13.2 Å². The molecule has 0 aromatic carbocycles. The summed E-state index contributed by atoms with van der Waals surface area (Å²) >= 11 is 0. The lowest BCUT2D eigenvalue weighted by Crippen LogP contribution is -2.14. The molecular formula is C12H24O2. The fourth-order valence-corrected chi connectivity index (χ4v) is 1.76. The SMILES string of the molecule is CCC(O)CCCOCCC1CCC1. The molecule has 1 aliphatic rings. The van der Waals surface area contributed by atoms with E-state index in [1.165, 1.54) is 25.7 Å². The standard InChI is InChI=1S/C12H24O2/c1-2-12(13)7-4-9-14-10-8-11-5-3-6-11/h11-13H,2-10H2,1H3. The van der Waals surface area contributed by atoms with Crippen molar-refractivity contribution in [2.75, 3.05) is 13.2 Å². The molecule has 1 atom stereocenters. The number of hydrogen-bond acceptors (Lipinski definition) is 2. The second-order valence-corrected chi connectivity index (χ2v) is 4.40. The number of rotatable bonds is 8. The van der Waals surface area contributed by atoms with Crippen LogP contribution in [0.15, 0.2) is 0 Å². The Morgan fingerprint density at radius 1 is 1.36 bits per heavy atom. The van der Waals surface area contributed by atoms with Crippen molar-refractivity contribution >= 4 is 0 Å². The van der Waals surface area contributed by atoms with Gasteiger partial charge in [-0.2, -0.15) is 0 Å². The Kier molecular flexibility index (Phi) is 6.20. The maximum atomic E-state index is 9.29. The van der Waals surface area contributed by atoms with Crippen molar-refractivity contribution in [3.63, 3.8) is 0 Å². The van der Waals surface area contributed by atoms with Crippen molar-refractivity contribution in [3.05, 3.63) is 0 Å². The van der Waals surface area contributed by atoms with Crippen molar-refractivity contribution in [2.24, 2.45) is 5.92 Å². The second-order valence-electron chi connectivity index (χ2n) is 4.40.